The molecule has 0 bridgehead atoms. The van der Waals surface area contributed by atoms with Gasteiger partial charge in [-0.05, 0) is 23.1 Å². The van der Waals surface area contributed by atoms with Crippen molar-refractivity contribution < 1.29 is 9.53 Å². The van der Waals surface area contributed by atoms with Crippen molar-refractivity contribution in [1.82, 2.24) is 4.98 Å². The van der Waals surface area contributed by atoms with Crippen LogP contribution < -0.4 is 4.74 Å². The molecular formula is C17H19NO2. The van der Waals surface area contributed by atoms with E-state index in [1.54, 1.807) is 19.4 Å². The van der Waals surface area contributed by atoms with Gasteiger partial charge in [0.1, 0.15) is 5.78 Å². The summed E-state index contributed by atoms with van der Waals surface area (Å²) in [7, 11) is 1.58. The molecule has 0 saturated heterocycles. The van der Waals surface area contributed by atoms with E-state index in [1.165, 1.54) is 5.56 Å². The Balaban J connectivity index is 1.93. The van der Waals surface area contributed by atoms with E-state index in [2.05, 4.69) is 24.0 Å². The first-order valence-electron chi connectivity index (χ1n) is 6.79. The van der Waals surface area contributed by atoms with E-state index in [1.807, 2.05) is 18.2 Å². The number of carbonyl (C=O) groups is 1. The average Bonchev–Trinajstić information content (AvgIpc) is 2.49. The number of hydrogen-bond donors (Lipinski definition) is 0. The largest absolute Gasteiger partial charge is 0.481 e. The molecule has 2 rings (SSSR count). The third-order valence-electron chi connectivity index (χ3n) is 3.24. The van der Waals surface area contributed by atoms with Gasteiger partial charge in [-0.25, -0.2) is 4.98 Å². The molecule has 2 aromatic rings. The Morgan fingerprint density at radius 1 is 1.00 bits per heavy atom. The minimum atomic E-state index is 0.196. The van der Waals surface area contributed by atoms with E-state index in [-0.39, 0.29) is 5.78 Å². The van der Waals surface area contributed by atoms with E-state index in [4.69, 9.17) is 4.74 Å². The second kappa shape index (κ2) is 6.85. The Bertz CT molecular complexity index is 507. The number of ketones is 1. The van der Waals surface area contributed by atoms with Crippen LogP contribution >= 0.6 is 0 Å². The van der Waals surface area contributed by atoms with Crippen LogP contribution in [0.2, 0.25) is 0 Å². The van der Waals surface area contributed by atoms with Crippen LogP contribution in [0.4, 0.5) is 0 Å². The van der Waals surface area contributed by atoms with Crippen molar-refractivity contribution >= 4 is 5.78 Å². The number of aromatic nitrogens is 1. The molecule has 1 heterocycles. The zero-order valence-corrected chi connectivity index (χ0v) is 11.9. The van der Waals surface area contributed by atoms with E-state index >= 15 is 0 Å². The predicted molar refractivity (Wildman–Crippen MR) is 79.0 cm³/mol. The highest BCUT2D eigenvalue weighted by atomic mass is 16.5. The summed E-state index contributed by atoms with van der Waals surface area (Å²) in [6, 6.07) is 11.9. The Labute approximate surface area is 119 Å². The smallest absolute Gasteiger partial charge is 0.212 e. The van der Waals surface area contributed by atoms with Crippen molar-refractivity contribution in [1.29, 1.82) is 0 Å². The van der Waals surface area contributed by atoms with E-state index in [0.717, 1.165) is 17.5 Å². The maximum atomic E-state index is 12.0. The fourth-order valence-corrected chi connectivity index (χ4v) is 2.05. The molecule has 1 aromatic carbocycles. The molecule has 0 N–H and O–H groups in total. The number of ether oxygens (including phenoxy) is 1. The van der Waals surface area contributed by atoms with Gasteiger partial charge in [0.15, 0.2) is 0 Å². The van der Waals surface area contributed by atoms with Gasteiger partial charge in [0.2, 0.25) is 5.88 Å². The maximum absolute atomic E-state index is 12.0. The van der Waals surface area contributed by atoms with Crippen molar-refractivity contribution in [3.8, 4) is 5.88 Å². The van der Waals surface area contributed by atoms with Crippen LogP contribution in [0.1, 0.15) is 23.6 Å². The summed E-state index contributed by atoms with van der Waals surface area (Å²) in [5.41, 5.74) is 3.27. The Morgan fingerprint density at radius 3 is 2.15 bits per heavy atom. The second-order valence-corrected chi connectivity index (χ2v) is 4.77. The average molecular weight is 269 g/mol. The number of hydrogen-bond acceptors (Lipinski definition) is 3. The normalized spacial score (nSPS) is 10.3. The van der Waals surface area contributed by atoms with Crippen LogP contribution in [0.25, 0.3) is 0 Å². The highest BCUT2D eigenvalue weighted by Gasteiger charge is 2.06. The lowest BCUT2D eigenvalue weighted by Crippen LogP contribution is -2.07. The molecule has 0 aliphatic heterocycles. The van der Waals surface area contributed by atoms with Crippen molar-refractivity contribution in [3.63, 3.8) is 0 Å². The molecule has 20 heavy (non-hydrogen) atoms. The van der Waals surface area contributed by atoms with Crippen molar-refractivity contribution in [2.75, 3.05) is 7.11 Å². The fraction of sp³-hybridized carbons (Fsp3) is 0.294. The van der Waals surface area contributed by atoms with Crippen LogP contribution in [0, 0.1) is 0 Å². The lowest BCUT2D eigenvalue weighted by Gasteiger charge is -2.04. The van der Waals surface area contributed by atoms with Gasteiger partial charge in [0.05, 0.1) is 7.11 Å². The Kier molecular flexibility index (Phi) is 4.88. The molecule has 3 nitrogen and oxygen atoms in total. The van der Waals surface area contributed by atoms with E-state index < -0.39 is 0 Å². The highest BCUT2D eigenvalue weighted by Crippen LogP contribution is 2.10. The van der Waals surface area contributed by atoms with Crippen LogP contribution in [0.5, 0.6) is 5.88 Å². The fourth-order valence-electron chi connectivity index (χ4n) is 2.05. The summed E-state index contributed by atoms with van der Waals surface area (Å²) >= 11 is 0. The van der Waals surface area contributed by atoms with Gasteiger partial charge >= 0.3 is 0 Å². The van der Waals surface area contributed by atoms with E-state index in [9.17, 15) is 4.79 Å². The van der Waals surface area contributed by atoms with Gasteiger partial charge in [-0.2, -0.15) is 0 Å². The number of aryl methyl sites for hydroxylation is 1. The summed E-state index contributed by atoms with van der Waals surface area (Å²) in [4.78, 5) is 16.1. The predicted octanol–water partition coefficient (Wildman–Crippen LogP) is 3.01. The monoisotopic (exact) mass is 269 g/mol. The van der Waals surface area contributed by atoms with Gasteiger partial charge in [0.25, 0.3) is 0 Å². The van der Waals surface area contributed by atoms with Crippen molar-refractivity contribution in [2.45, 2.75) is 26.2 Å². The second-order valence-electron chi connectivity index (χ2n) is 4.77. The topological polar surface area (TPSA) is 39.2 Å². The zero-order chi connectivity index (χ0) is 14.4. The molecule has 0 fully saturated rings. The third kappa shape index (κ3) is 3.92. The first-order valence-corrected chi connectivity index (χ1v) is 6.79. The van der Waals surface area contributed by atoms with Gasteiger partial charge in [-0.1, -0.05) is 37.3 Å². The lowest BCUT2D eigenvalue weighted by atomic mass is 10.0. The lowest BCUT2D eigenvalue weighted by molar-refractivity contribution is -0.117. The number of nitrogens with zero attached hydrogens (tertiary/aromatic N) is 1. The molecule has 1 aromatic heterocycles. The van der Waals surface area contributed by atoms with Gasteiger partial charge in [-0.3, -0.25) is 4.79 Å². The van der Waals surface area contributed by atoms with Crippen molar-refractivity contribution in [3.05, 3.63) is 59.3 Å². The molecule has 3 heteroatoms. The van der Waals surface area contributed by atoms with Crippen LogP contribution in [-0.2, 0) is 24.1 Å². The maximum Gasteiger partial charge on any atom is 0.212 e. The van der Waals surface area contributed by atoms with Crippen LogP contribution in [-0.4, -0.2) is 17.9 Å². The number of rotatable bonds is 6. The zero-order valence-electron chi connectivity index (χ0n) is 11.9. The van der Waals surface area contributed by atoms with Gasteiger partial charge in [-0.15, -0.1) is 0 Å². The quantitative estimate of drug-likeness (QED) is 0.809. The summed E-state index contributed by atoms with van der Waals surface area (Å²) in [6.45, 7) is 2.12. The number of Topliss-reactive ketones (excluding diaryl/α,β-unsaturated/α-hetero) is 1. The molecule has 0 radical (unpaired) electrons. The molecular weight excluding hydrogens is 250 g/mol. The molecule has 0 aliphatic carbocycles. The number of carbonyl (C=O) groups excluding carboxylic acids is 1. The summed E-state index contributed by atoms with van der Waals surface area (Å²) in [6.07, 6.45) is 3.59. The number of pyridine rings is 1. The van der Waals surface area contributed by atoms with Crippen LogP contribution in [0.15, 0.2) is 42.6 Å². The van der Waals surface area contributed by atoms with Gasteiger partial charge < -0.3 is 4.74 Å². The molecule has 104 valence electrons. The molecule has 0 spiro atoms. The summed E-state index contributed by atoms with van der Waals surface area (Å²) < 4.78 is 5.00. The minimum absolute atomic E-state index is 0.196. The SMILES string of the molecule is CCc1ccc(CC(=O)Cc2ccc(OC)nc2)cc1. The van der Waals surface area contributed by atoms with Gasteiger partial charge in [0, 0.05) is 25.1 Å². The summed E-state index contributed by atoms with van der Waals surface area (Å²) in [5.74, 6) is 0.762. The molecule has 0 aliphatic rings. The molecule has 0 unspecified atom stereocenters. The molecule has 0 saturated carbocycles. The minimum Gasteiger partial charge on any atom is -0.481 e. The third-order valence-corrected chi connectivity index (χ3v) is 3.24. The number of benzene rings is 1. The summed E-state index contributed by atoms with van der Waals surface area (Å²) in [5, 5.41) is 0. The number of methoxy groups -OCH3 is 1. The van der Waals surface area contributed by atoms with E-state index in [0.29, 0.717) is 18.7 Å². The van der Waals surface area contributed by atoms with Crippen molar-refractivity contribution in [2.24, 2.45) is 0 Å². The standard InChI is InChI=1S/C17H19NO2/c1-3-13-4-6-14(7-5-13)10-16(19)11-15-8-9-17(20-2)18-12-15/h4-9,12H,3,10-11H2,1-2H3. The molecule has 0 atom stereocenters. The first kappa shape index (κ1) is 14.3. The van der Waals surface area contributed by atoms with Crippen LogP contribution in [0.3, 0.4) is 0 Å². The Hall–Kier alpha value is -2.16. The highest BCUT2D eigenvalue weighted by molar-refractivity contribution is 5.83. The Morgan fingerprint density at radius 2 is 1.60 bits per heavy atom. The first-order chi connectivity index (χ1) is 9.71. The molecule has 0 amide bonds.